The number of nitrogens with zero attached hydrogens (tertiary/aromatic N) is 1. The van der Waals surface area contributed by atoms with Crippen molar-refractivity contribution in [3.05, 3.63) is 70.8 Å². The smallest absolute Gasteiger partial charge is 0.303 e. The van der Waals surface area contributed by atoms with Crippen molar-refractivity contribution in [3.8, 4) is 0 Å². The quantitative estimate of drug-likeness (QED) is 0.328. The maximum atomic E-state index is 13.5. The van der Waals surface area contributed by atoms with Crippen LogP contribution in [0.15, 0.2) is 48.5 Å². The van der Waals surface area contributed by atoms with Crippen LogP contribution in [-0.2, 0) is 33.3 Å². The highest BCUT2D eigenvalue weighted by molar-refractivity contribution is 6.21. The van der Waals surface area contributed by atoms with Crippen molar-refractivity contribution < 1.29 is 42.9 Å². The molecule has 0 spiro atoms. The molecule has 0 saturated carbocycles. The maximum Gasteiger partial charge on any atom is 0.303 e. The minimum absolute atomic E-state index is 0.197. The number of imide groups is 1. The minimum atomic E-state index is -1.32. The number of esters is 3. The molecule has 1 fully saturated rings. The molecule has 2 aromatic carbocycles. The van der Waals surface area contributed by atoms with E-state index in [1.807, 2.05) is 19.1 Å². The summed E-state index contributed by atoms with van der Waals surface area (Å²) >= 11 is 0. The first-order valence-electron chi connectivity index (χ1n) is 11.7. The van der Waals surface area contributed by atoms with Crippen molar-refractivity contribution in [3.63, 3.8) is 0 Å². The highest BCUT2D eigenvalue weighted by Crippen LogP contribution is 2.41. The van der Waals surface area contributed by atoms with Gasteiger partial charge in [-0.3, -0.25) is 28.9 Å². The van der Waals surface area contributed by atoms with E-state index in [0.717, 1.165) is 17.4 Å². The average Bonchev–Trinajstić information content (AvgIpc) is 3.09. The van der Waals surface area contributed by atoms with Crippen LogP contribution in [0.3, 0.4) is 0 Å². The molecule has 194 valence electrons. The zero-order valence-corrected chi connectivity index (χ0v) is 20.8. The number of fused-ring (bicyclic) bond motifs is 1. The van der Waals surface area contributed by atoms with E-state index in [2.05, 4.69) is 0 Å². The van der Waals surface area contributed by atoms with Crippen LogP contribution in [0.2, 0.25) is 0 Å². The molecule has 2 amide bonds. The predicted molar refractivity (Wildman–Crippen MR) is 127 cm³/mol. The molecule has 0 N–H and O–H groups in total. The third kappa shape index (κ3) is 5.24. The van der Waals surface area contributed by atoms with Gasteiger partial charge in [-0.25, -0.2) is 0 Å². The Bertz CT molecular complexity index is 1200. The number of hydrogen-bond acceptors (Lipinski definition) is 9. The molecular weight excluding hydrogens is 482 g/mol. The Morgan fingerprint density at radius 3 is 1.86 bits per heavy atom. The lowest BCUT2D eigenvalue weighted by atomic mass is 9.87. The molecule has 10 nitrogen and oxygen atoms in total. The number of ether oxygens (including phenoxy) is 4. The van der Waals surface area contributed by atoms with Gasteiger partial charge < -0.3 is 18.9 Å². The van der Waals surface area contributed by atoms with Crippen LogP contribution in [0.1, 0.15) is 58.7 Å². The van der Waals surface area contributed by atoms with Crippen LogP contribution in [0.5, 0.6) is 0 Å². The summed E-state index contributed by atoms with van der Waals surface area (Å²) < 4.78 is 22.6. The SMILES string of the molecule is CC(=O)OC[C@H]1O[C@@H](c2ccc(C)cc2)[C@H](N2C(=O)c3ccccc3C2=O)[C@@H](OC(C)=O)[C@@H]1OC(C)=O. The molecule has 0 aliphatic carbocycles. The van der Waals surface area contributed by atoms with Crippen molar-refractivity contribution in [2.45, 2.75) is 58.2 Å². The monoisotopic (exact) mass is 509 g/mol. The van der Waals surface area contributed by atoms with E-state index >= 15 is 0 Å². The molecule has 10 heteroatoms. The molecule has 0 aromatic heterocycles. The lowest BCUT2D eigenvalue weighted by molar-refractivity contribution is -0.231. The third-order valence-electron chi connectivity index (χ3n) is 6.24. The topological polar surface area (TPSA) is 126 Å². The molecule has 1 saturated heterocycles. The number of amides is 2. The van der Waals surface area contributed by atoms with Crippen LogP contribution in [0.25, 0.3) is 0 Å². The summed E-state index contributed by atoms with van der Waals surface area (Å²) in [7, 11) is 0. The summed E-state index contributed by atoms with van der Waals surface area (Å²) in [5, 5.41) is 0. The third-order valence-corrected chi connectivity index (χ3v) is 6.24. The maximum absolute atomic E-state index is 13.5. The fraction of sp³-hybridized carbons (Fsp3) is 0.370. The molecule has 2 aliphatic rings. The fourth-order valence-corrected chi connectivity index (χ4v) is 4.71. The van der Waals surface area contributed by atoms with Crippen LogP contribution in [-0.4, -0.2) is 65.6 Å². The minimum Gasteiger partial charge on any atom is -0.463 e. The molecule has 0 radical (unpaired) electrons. The predicted octanol–water partition coefficient (Wildman–Crippen LogP) is 2.53. The Kier molecular flexibility index (Phi) is 7.40. The van der Waals surface area contributed by atoms with Crippen LogP contribution >= 0.6 is 0 Å². The summed E-state index contributed by atoms with van der Waals surface area (Å²) in [6.07, 6.45) is -4.66. The second-order valence-corrected chi connectivity index (χ2v) is 8.97. The molecule has 0 bridgehead atoms. The second-order valence-electron chi connectivity index (χ2n) is 8.97. The highest BCUT2D eigenvalue weighted by Gasteiger charge is 2.56. The van der Waals surface area contributed by atoms with Gasteiger partial charge in [0.2, 0.25) is 0 Å². The van der Waals surface area contributed by atoms with Crippen LogP contribution < -0.4 is 0 Å². The van der Waals surface area contributed by atoms with Crippen molar-refractivity contribution in [2.75, 3.05) is 6.61 Å². The Labute approximate surface area is 213 Å². The van der Waals surface area contributed by atoms with E-state index in [0.29, 0.717) is 5.56 Å². The molecule has 5 atom stereocenters. The number of hydrogen-bond donors (Lipinski definition) is 0. The first-order valence-corrected chi connectivity index (χ1v) is 11.7. The summed E-state index contributed by atoms with van der Waals surface area (Å²) in [6, 6.07) is 12.4. The summed E-state index contributed by atoms with van der Waals surface area (Å²) in [5.41, 5.74) is 1.94. The number of carbonyl (C=O) groups is 5. The number of carbonyl (C=O) groups excluding carboxylic acids is 5. The van der Waals surface area contributed by atoms with E-state index in [1.165, 1.54) is 26.0 Å². The average molecular weight is 510 g/mol. The van der Waals surface area contributed by atoms with Gasteiger partial charge >= 0.3 is 17.9 Å². The largest absolute Gasteiger partial charge is 0.463 e. The molecule has 2 aromatic rings. The first kappa shape index (κ1) is 26.0. The van der Waals surface area contributed by atoms with Crippen molar-refractivity contribution in [2.24, 2.45) is 0 Å². The Hall–Kier alpha value is -4.05. The fourth-order valence-electron chi connectivity index (χ4n) is 4.71. The van der Waals surface area contributed by atoms with Crippen molar-refractivity contribution >= 4 is 29.7 Å². The van der Waals surface area contributed by atoms with E-state index < -0.39 is 60.2 Å². The molecular formula is C27H27NO9. The van der Waals surface area contributed by atoms with Gasteiger partial charge in [-0.05, 0) is 24.6 Å². The lowest BCUT2D eigenvalue weighted by Crippen LogP contribution is -2.64. The Morgan fingerprint density at radius 2 is 1.35 bits per heavy atom. The number of benzene rings is 2. The molecule has 2 aliphatic heterocycles. The number of rotatable bonds is 6. The summed E-state index contributed by atoms with van der Waals surface area (Å²) in [6.45, 7) is 5.13. The lowest BCUT2D eigenvalue weighted by Gasteiger charge is -2.47. The van der Waals surface area contributed by atoms with Crippen molar-refractivity contribution in [1.82, 2.24) is 4.90 Å². The van der Waals surface area contributed by atoms with E-state index in [-0.39, 0.29) is 17.7 Å². The van der Waals surface area contributed by atoms with Gasteiger partial charge in [0.05, 0.1) is 11.1 Å². The van der Waals surface area contributed by atoms with Gasteiger partial charge in [0.15, 0.2) is 12.2 Å². The van der Waals surface area contributed by atoms with Crippen LogP contribution in [0.4, 0.5) is 0 Å². The highest BCUT2D eigenvalue weighted by atomic mass is 16.6. The molecule has 4 rings (SSSR count). The Balaban J connectivity index is 1.87. The van der Waals surface area contributed by atoms with Crippen LogP contribution in [0, 0.1) is 6.92 Å². The first-order chi connectivity index (χ1) is 17.6. The van der Waals surface area contributed by atoms with Gasteiger partial charge in [0.1, 0.15) is 24.9 Å². The van der Waals surface area contributed by atoms with Gasteiger partial charge in [0, 0.05) is 20.8 Å². The van der Waals surface area contributed by atoms with E-state index in [9.17, 15) is 24.0 Å². The molecule has 37 heavy (non-hydrogen) atoms. The van der Waals surface area contributed by atoms with Gasteiger partial charge in [-0.1, -0.05) is 42.0 Å². The van der Waals surface area contributed by atoms with Gasteiger partial charge in [0.25, 0.3) is 11.8 Å². The summed E-state index contributed by atoms with van der Waals surface area (Å²) in [5.74, 6) is -3.22. The molecule has 0 unspecified atom stereocenters. The van der Waals surface area contributed by atoms with E-state index in [4.69, 9.17) is 18.9 Å². The zero-order valence-electron chi connectivity index (χ0n) is 20.8. The number of aryl methyl sites for hydroxylation is 1. The van der Waals surface area contributed by atoms with Gasteiger partial charge in [-0.2, -0.15) is 0 Å². The standard InChI is InChI=1S/C27H27NO9/c1-14-9-11-18(12-10-14)23-22(28-26(32)19-7-5-6-8-20(19)27(28)33)25(36-17(4)31)24(35-16(3)30)21(37-23)13-34-15(2)29/h5-12,21-25H,13H2,1-4H3/t21-,22+,23+,24-,25-/m1/s1. The second kappa shape index (κ2) is 10.5. The molecule has 2 heterocycles. The Morgan fingerprint density at radius 1 is 0.811 bits per heavy atom. The zero-order chi connectivity index (χ0) is 26.9. The summed E-state index contributed by atoms with van der Waals surface area (Å²) in [4.78, 5) is 64.0. The van der Waals surface area contributed by atoms with Gasteiger partial charge in [-0.15, -0.1) is 0 Å². The normalized spacial score (nSPS) is 24.9. The van der Waals surface area contributed by atoms with Crippen molar-refractivity contribution in [1.29, 1.82) is 0 Å². The van der Waals surface area contributed by atoms with E-state index in [1.54, 1.807) is 24.3 Å².